The molecule has 30 heavy (non-hydrogen) atoms. The zero-order chi connectivity index (χ0) is 22.7. The maximum absolute atomic E-state index is 11.6. The minimum absolute atomic E-state index is 0.0116. The van der Waals surface area contributed by atoms with Crippen LogP contribution < -0.4 is 0 Å². The fourth-order valence-electron chi connectivity index (χ4n) is 3.86. The van der Waals surface area contributed by atoms with Gasteiger partial charge in [-0.2, -0.15) is 0 Å². The first-order valence-corrected chi connectivity index (χ1v) is 13.0. The summed E-state index contributed by atoms with van der Waals surface area (Å²) in [6.45, 7) is 4.02. The van der Waals surface area contributed by atoms with Gasteiger partial charge in [0.15, 0.2) is 5.40 Å². The van der Waals surface area contributed by atoms with Crippen molar-refractivity contribution < 1.29 is 38.9 Å². The molecule has 2 aromatic carbocycles. The Morgan fingerprint density at radius 3 is 1.70 bits per heavy atom. The van der Waals surface area contributed by atoms with Crippen molar-refractivity contribution in [1.29, 1.82) is 0 Å². The van der Waals surface area contributed by atoms with Gasteiger partial charge in [0.1, 0.15) is 11.5 Å². The Bertz CT molecular complexity index is 926. The quantitative estimate of drug-likeness (QED) is 0.308. The van der Waals surface area contributed by atoms with Crippen LogP contribution in [0.2, 0.25) is 0 Å². The fraction of sp³-hybridized carbons (Fsp3) is 0.400. The zero-order valence-corrected chi connectivity index (χ0v) is 18.6. The lowest BCUT2D eigenvalue weighted by Gasteiger charge is -2.27. The fourth-order valence-corrected chi connectivity index (χ4v) is 6.29. The monoisotopic (exact) mass is 458 g/mol. The molecule has 0 saturated heterocycles. The van der Waals surface area contributed by atoms with E-state index in [4.69, 9.17) is 0 Å². The van der Waals surface area contributed by atoms with Crippen molar-refractivity contribution >= 4 is 15.2 Å². The number of phenols is 2. The molecule has 0 aromatic heterocycles. The Hall–Kier alpha value is -1.66. The summed E-state index contributed by atoms with van der Waals surface area (Å²) in [7, 11) is -10.2. The van der Waals surface area contributed by atoms with E-state index in [0.717, 1.165) is 24.0 Å². The second-order valence-corrected chi connectivity index (χ2v) is 11.4. The molecule has 0 saturated carbocycles. The maximum atomic E-state index is 11.6. The number of benzene rings is 2. The van der Waals surface area contributed by atoms with Crippen LogP contribution in [0.3, 0.4) is 0 Å². The highest BCUT2D eigenvalue weighted by Crippen LogP contribution is 2.61. The van der Waals surface area contributed by atoms with Gasteiger partial charge in [0, 0.05) is 6.42 Å². The molecule has 0 aliphatic carbocycles. The topological polar surface area (TPSA) is 156 Å². The van der Waals surface area contributed by atoms with Gasteiger partial charge in [-0.15, -0.1) is 0 Å². The van der Waals surface area contributed by atoms with Gasteiger partial charge in [-0.25, -0.2) is 0 Å². The SMILES string of the molecule is CCC(c1ccc(O)cc1)C(CC)c1ccc(O)c(CC(P(=O)(O)O)P(=O)(O)O)c1. The highest BCUT2D eigenvalue weighted by atomic mass is 31.2. The third kappa shape index (κ3) is 5.94. The molecule has 2 aromatic rings. The number of hydrogen-bond donors (Lipinski definition) is 6. The lowest BCUT2D eigenvalue weighted by atomic mass is 9.78. The summed E-state index contributed by atoms with van der Waals surface area (Å²) in [5, 5.41) is 17.5. The zero-order valence-electron chi connectivity index (χ0n) is 16.8. The summed E-state index contributed by atoms with van der Waals surface area (Å²) >= 11 is 0. The van der Waals surface area contributed by atoms with Crippen molar-refractivity contribution in [3.05, 3.63) is 59.2 Å². The van der Waals surface area contributed by atoms with Crippen LogP contribution in [-0.4, -0.2) is 35.2 Å². The molecule has 0 bridgehead atoms. The van der Waals surface area contributed by atoms with Crippen molar-refractivity contribution in [1.82, 2.24) is 0 Å². The number of rotatable bonds is 9. The summed E-state index contributed by atoms with van der Waals surface area (Å²) in [5.41, 5.74) is 1.88. The van der Waals surface area contributed by atoms with Crippen LogP contribution in [0.4, 0.5) is 0 Å². The molecule has 0 fully saturated rings. The van der Waals surface area contributed by atoms with Crippen molar-refractivity contribution in [2.75, 3.05) is 0 Å². The van der Waals surface area contributed by atoms with Gasteiger partial charge in [-0.3, -0.25) is 9.13 Å². The number of aromatic hydroxyl groups is 2. The molecular formula is C20H28O8P2. The van der Waals surface area contributed by atoms with E-state index in [1.54, 1.807) is 24.3 Å². The van der Waals surface area contributed by atoms with Crippen LogP contribution >= 0.6 is 15.2 Å². The Labute approximate surface area is 175 Å². The number of phenolic OH excluding ortho intramolecular Hbond substituents is 2. The van der Waals surface area contributed by atoms with E-state index in [1.165, 1.54) is 6.07 Å². The predicted octanol–water partition coefficient (Wildman–Crippen LogP) is 4.01. The average Bonchev–Trinajstić information content (AvgIpc) is 2.64. The molecule has 0 amide bonds. The first-order chi connectivity index (χ1) is 13.9. The van der Waals surface area contributed by atoms with Gasteiger partial charge < -0.3 is 29.8 Å². The summed E-state index contributed by atoms with van der Waals surface area (Å²) in [5.74, 6) is -0.0533. The van der Waals surface area contributed by atoms with Gasteiger partial charge in [0.05, 0.1) is 0 Å². The molecule has 0 radical (unpaired) electrons. The van der Waals surface area contributed by atoms with Gasteiger partial charge in [-0.05, 0) is 59.6 Å². The first-order valence-electron chi connectivity index (χ1n) is 9.59. The van der Waals surface area contributed by atoms with Gasteiger partial charge in [0.25, 0.3) is 0 Å². The molecule has 0 aliphatic heterocycles. The van der Waals surface area contributed by atoms with Crippen LogP contribution in [-0.2, 0) is 15.6 Å². The van der Waals surface area contributed by atoms with E-state index in [-0.39, 0.29) is 28.9 Å². The molecule has 2 rings (SSSR count). The maximum Gasteiger partial charge on any atom is 0.341 e. The van der Waals surface area contributed by atoms with Gasteiger partial charge in [-0.1, -0.05) is 38.1 Å². The first kappa shape index (κ1) is 24.6. The van der Waals surface area contributed by atoms with Crippen molar-refractivity contribution in [2.24, 2.45) is 0 Å². The van der Waals surface area contributed by atoms with E-state index in [1.807, 2.05) is 26.0 Å². The molecule has 6 N–H and O–H groups in total. The summed E-state index contributed by atoms with van der Waals surface area (Å²) in [4.78, 5) is 37.6. The normalized spacial score (nSPS) is 14.6. The van der Waals surface area contributed by atoms with E-state index >= 15 is 0 Å². The molecule has 166 valence electrons. The Kier molecular flexibility index (Phi) is 7.91. The van der Waals surface area contributed by atoms with E-state index in [2.05, 4.69) is 0 Å². The van der Waals surface area contributed by atoms with Gasteiger partial charge >= 0.3 is 15.2 Å². The van der Waals surface area contributed by atoms with E-state index in [0.29, 0.717) is 0 Å². The van der Waals surface area contributed by atoms with Crippen LogP contribution in [0.5, 0.6) is 11.5 Å². The predicted molar refractivity (Wildman–Crippen MR) is 114 cm³/mol. The minimum atomic E-state index is -5.10. The van der Waals surface area contributed by atoms with E-state index < -0.39 is 27.0 Å². The Morgan fingerprint density at radius 2 is 1.23 bits per heavy atom. The Morgan fingerprint density at radius 1 is 0.767 bits per heavy atom. The highest BCUT2D eigenvalue weighted by molar-refractivity contribution is 7.70. The van der Waals surface area contributed by atoms with Crippen molar-refractivity contribution in [3.8, 4) is 11.5 Å². The van der Waals surface area contributed by atoms with Crippen LogP contribution in [0.15, 0.2) is 42.5 Å². The molecule has 10 heteroatoms. The van der Waals surface area contributed by atoms with Gasteiger partial charge in [0.2, 0.25) is 0 Å². The van der Waals surface area contributed by atoms with Crippen molar-refractivity contribution in [3.63, 3.8) is 0 Å². The molecule has 0 spiro atoms. The number of hydrogen-bond acceptors (Lipinski definition) is 4. The summed E-state index contributed by atoms with van der Waals surface area (Å²) in [6.07, 6.45) is 0.859. The molecule has 0 aliphatic rings. The highest BCUT2D eigenvalue weighted by Gasteiger charge is 2.43. The summed E-state index contributed by atoms with van der Waals surface area (Å²) in [6, 6.07) is 11.5. The van der Waals surface area contributed by atoms with Crippen LogP contribution in [0, 0.1) is 0 Å². The van der Waals surface area contributed by atoms with Crippen LogP contribution in [0.1, 0.15) is 55.2 Å². The second-order valence-electron chi connectivity index (χ2n) is 7.37. The molecule has 2 unspecified atom stereocenters. The largest absolute Gasteiger partial charge is 0.508 e. The van der Waals surface area contributed by atoms with Crippen LogP contribution in [0.25, 0.3) is 0 Å². The lowest BCUT2D eigenvalue weighted by Crippen LogP contribution is -2.14. The average molecular weight is 458 g/mol. The summed E-state index contributed by atoms with van der Waals surface area (Å²) < 4.78 is 23.3. The molecule has 8 nitrogen and oxygen atoms in total. The minimum Gasteiger partial charge on any atom is -0.508 e. The molecular weight excluding hydrogens is 430 g/mol. The third-order valence-electron chi connectivity index (χ3n) is 5.40. The third-order valence-corrected chi connectivity index (χ3v) is 9.12. The van der Waals surface area contributed by atoms with Crippen molar-refractivity contribution in [2.45, 2.75) is 50.3 Å². The standard InChI is InChI=1S/C20H28O8P2/c1-3-17(13-5-8-16(21)9-6-13)18(4-2)14-7-10-19(22)15(11-14)12-20(29(23,24)25)30(26,27)28/h5-11,17-18,20-22H,3-4,12H2,1-2H3,(H2,23,24,25)(H2,26,27,28). The molecule has 2 atom stereocenters. The molecule has 0 heterocycles. The second kappa shape index (κ2) is 9.65. The Balaban J connectivity index is 2.45. The lowest BCUT2D eigenvalue weighted by molar-refractivity contribution is 0.337. The smallest absolute Gasteiger partial charge is 0.341 e. The van der Waals surface area contributed by atoms with E-state index in [9.17, 15) is 38.9 Å².